The fourth-order valence-electron chi connectivity index (χ4n) is 3.29. The van der Waals surface area contributed by atoms with Gasteiger partial charge in [0.2, 0.25) is 0 Å². The van der Waals surface area contributed by atoms with Crippen molar-refractivity contribution < 1.29 is 4.79 Å². The Hall–Kier alpha value is -3.57. The van der Waals surface area contributed by atoms with Gasteiger partial charge in [-0.3, -0.25) is 9.78 Å². The molecule has 0 aliphatic carbocycles. The molecule has 4 rings (SSSR count). The van der Waals surface area contributed by atoms with Gasteiger partial charge in [-0.25, -0.2) is 4.98 Å². The van der Waals surface area contributed by atoms with E-state index in [-0.39, 0.29) is 5.91 Å². The summed E-state index contributed by atoms with van der Waals surface area (Å²) in [7, 11) is 4.11. The van der Waals surface area contributed by atoms with E-state index in [1.165, 1.54) is 5.56 Å². The predicted molar refractivity (Wildman–Crippen MR) is 117 cm³/mol. The van der Waals surface area contributed by atoms with Crippen molar-refractivity contribution >= 4 is 22.5 Å². The maximum Gasteiger partial charge on any atom is 0.274 e. The van der Waals surface area contributed by atoms with Crippen LogP contribution < -0.4 is 5.32 Å². The van der Waals surface area contributed by atoms with Crippen LogP contribution in [0.25, 0.3) is 22.0 Å². The van der Waals surface area contributed by atoms with Crippen molar-refractivity contribution in [2.75, 3.05) is 19.4 Å². The van der Waals surface area contributed by atoms with Gasteiger partial charge < -0.3 is 10.2 Å². The molecule has 0 saturated heterocycles. The Morgan fingerprint density at radius 3 is 2.52 bits per heavy atom. The second-order valence-electron chi connectivity index (χ2n) is 7.20. The molecule has 0 aliphatic rings. The lowest BCUT2D eigenvalue weighted by Gasteiger charge is -2.11. The highest BCUT2D eigenvalue weighted by Crippen LogP contribution is 2.28. The van der Waals surface area contributed by atoms with Crippen molar-refractivity contribution in [1.29, 1.82) is 0 Å². The van der Waals surface area contributed by atoms with E-state index in [1.807, 2.05) is 24.3 Å². The molecular weight excluding hydrogens is 360 g/mol. The van der Waals surface area contributed by atoms with Gasteiger partial charge in [-0.05, 0) is 43.4 Å². The summed E-state index contributed by atoms with van der Waals surface area (Å²) in [4.78, 5) is 23.5. The van der Waals surface area contributed by atoms with Crippen LogP contribution in [0.3, 0.4) is 0 Å². The van der Waals surface area contributed by atoms with Gasteiger partial charge in [-0.1, -0.05) is 48.5 Å². The van der Waals surface area contributed by atoms with Crippen LogP contribution in [0, 0.1) is 0 Å². The molecule has 2 aromatic carbocycles. The molecule has 5 heteroatoms. The van der Waals surface area contributed by atoms with Crippen LogP contribution in [-0.4, -0.2) is 34.9 Å². The molecule has 0 unspecified atom stereocenters. The average molecular weight is 382 g/mol. The quantitative estimate of drug-likeness (QED) is 0.548. The zero-order valence-electron chi connectivity index (χ0n) is 16.5. The maximum atomic E-state index is 12.6. The number of hydrogen-bond acceptors (Lipinski definition) is 4. The first kappa shape index (κ1) is 18.8. The summed E-state index contributed by atoms with van der Waals surface area (Å²) in [6.45, 7) is 0.896. The minimum atomic E-state index is -0.254. The first-order valence-corrected chi connectivity index (χ1v) is 9.45. The number of amides is 1. The van der Waals surface area contributed by atoms with Crippen molar-refractivity contribution in [3.05, 3.63) is 90.4 Å². The lowest BCUT2D eigenvalue weighted by Crippen LogP contribution is -2.13. The molecule has 0 aliphatic heterocycles. The van der Waals surface area contributed by atoms with Crippen molar-refractivity contribution in [3.63, 3.8) is 0 Å². The lowest BCUT2D eigenvalue weighted by atomic mass is 10.0. The van der Waals surface area contributed by atoms with Crippen molar-refractivity contribution in [2.45, 2.75) is 6.54 Å². The van der Waals surface area contributed by atoms with Crippen molar-refractivity contribution in [1.82, 2.24) is 14.9 Å². The number of anilines is 1. The van der Waals surface area contributed by atoms with Gasteiger partial charge in [0.15, 0.2) is 0 Å². The Morgan fingerprint density at radius 2 is 1.79 bits per heavy atom. The monoisotopic (exact) mass is 382 g/mol. The third kappa shape index (κ3) is 4.31. The van der Waals surface area contributed by atoms with E-state index < -0.39 is 0 Å². The highest BCUT2D eigenvalue weighted by molar-refractivity contribution is 6.05. The number of rotatable bonds is 5. The van der Waals surface area contributed by atoms with E-state index in [1.54, 1.807) is 30.6 Å². The third-order valence-corrected chi connectivity index (χ3v) is 4.64. The molecule has 1 N–H and O–H groups in total. The molecule has 2 heterocycles. The first-order chi connectivity index (χ1) is 14.1. The Balaban J connectivity index is 1.68. The van der Waals surface area contributed by atoms with Crippen LogP contribution in [0.4, 0.5) is 5.69 Å². The molecule has 144 valence electrons. The minimum Gasteiger partial charge on any atom is -0.319 e. The van der Waals surface area contributed by atoms with E-state index in [0.29, 0.717) is 11.4 Å². The summed E-state index contributed by atoms with van der Waals surface area (Å²) >= 11 is 0. The molecule has 2 aromatic heterocycles. The Labute approximate surface area is 170 Å². The lowest BCUT2D eigenvalue weighted by molar-refractivity contribution is 0.102. The standard InChI is InChI=1S/C24H22N4O/c1-28(2)16-17-8-10-18(11-9-17)21-7-3-5-19-12-13-22(27-23(19)21)24(29)26-20-6-4-14-25-15-20/h3-15H,16H2,1-2H3,(H,26,29). The summed E-state index contributed by atoms with van der Waals surface area (Å²) in [5.41, 5.74) is 5.17. The van der Waals surface area contributed by atoms with E-state index in [0.717, 1.165) is 28.6 Å². The molecule has 0 fully saturated rings. The second kappa shape index (κ2) is 8.20. The number of nitrogens with zero attached hydrogens (tertiary/aromatic N) is 3. The van der Waals surface area contributed by atoms with Crippen LogP contribution >= 0.6 is 0 Å². The van der Waals surface area contributed by atoms with Gasteiger partial charge in [-0.15, -0.1) is 0 Å². The molecule has 0 radical (unpaired) electrons. The summed E-state index contributed by atoms with van der Waals surface area (Å²) < 4.78 is 0. The van der Waals surface area contributed by atoms with Crippen molar-refractivity contribution in [3.8, 4) is 11.1 Å². The highest BCUT2D eigenvalue weighted by atomic mass is 16.1. The van der Waals surface area contributed by atoms with E-state index in [9.17, 15) is 4.79 Å². The number of carbonyl (C=O) groups is 1. The van der Waals surface area contributed by atoms with E-state index in [2.05, 4.69) is 58.5 Å². The molecular formula is C24H22N4O. The summed E-state index contributed by atoms with van der Waals surface area (Å²) in [5, 5.41) is 3.84. The SMILES string of the molecule is CN(C)Cc1ccc(-c2cccc3ccc(C(=O)Nc4cccnc4)nc23)cc1. The zero-order chi connectivity index (χ0) is 20.2. The first-order valence-electron chi connectivity index (χ1n) is 9.45. The van der Waals surface area contributed by atoms with Crippen LogP contribution in [0.15, 0.2) is 79.1 Å². The topological polar surface area (TPSA) is 58.1 Å². The van der Waals surface area contributed by atoms with Gasteiger partial charge in [0.05, 0.1) is 17.4 Å². The number of para-hydroxylation sites is 1. The van der Waals surface area contributed by atoms with Crippen LogP contribution in [0.1, 0.15) is 16.1 Å². The number of benzene rings is 2. The summed E-state index contributed by atoms with van der Waals surface area (Å²) in [5.74, 6) is -0.254. The zero-order valence-corrected chi connectivity index (χ0v) is 16.5. The number of aromatic nitrogens is 2. The Kier molecular flexibility index (Phi) is 5.31. The highest BCUT2D eigenvalue weighted by Gasteiger charge is 2.12. The van der Waals surface area contributed by atoms with Gasteiger partial charge >= 0.3 is 0 Å². The maximum absolute atomic E-state index is 12.6. The molecule has 0 saturated carbocycles. The summed E-state index contributed by atoms with van der Waals surface area (Å²) in [6.07, 6.45) is 3.28. The number of carbonyl (C=O) groups excluding carboxylic acids is 1. The molecule has 0 spiro atoms. The fraction of sp³-hybridized carbons (Fsp3) is 0.125. The molecule has 4 aromatic rings. The predicted octanol–water partition coefficient (Wildman–Crippen LogP) is 4.61. The number of nitrogens with one attached hydrogen (secondary N) is 1. The molecule has 0 atom stereocenters. The van der Waals surface area contributed by atoms with Crippen LogP contribution in [0.2, 0.25) is 0 Å². The minimum absolute atomic E-state index is 0.254. The fourth-order valence-corrected chi connectivity index (χ4v) is 3.29. The molecule has 29 heavy (non-hydrogen) atoms. The van der Waals surface area contributed by atoms with Gasteiger partial charge in [0, 0.05) is 23.7 Å². The van der Waals surface area contributed by atoms with E-state index in [4.69, 9.17) is 0 Å². The van der Waals surface area contributed by atoms with Gasteiger partial charge in [-0.2, -0.15) is 0 Å². The van der Waals surface area contributed by atoms with E-state index >= 15 is 0 Å². The third-order valence-electron chi connectivity index (χ3n) is 4.64. The number of fused-ring (bicyclic) bond motifs is 1. The second-order valence-corrected chi connectivity index (χ2v) is 7.20. The normalized spacial score (nSPS) is 11.0. The van der Waals surface area contributed by atoms with Crippen LogP contribution in [0.5, 0.6) is 0 Å². The average Bonchev–Trinajstić information content (AvgIpc) is 2.74. The van der Waals surface area contributed by atoms with Gasteiger partial charge in [0.1, 0.15) is 5.69 Å². The number of hydrogen-bond donors (Lipinski definition) is 1. The van der Waals surface area contributed by atoms with Crippen molar-refractivity contribution in [2.24, 2.45) is 0 Å². The number of pyridine rings is 2. The summed E-state index contributed by atoms with van der Waals surface area (Å²) in [6, 6.07) is 21.8. The van der Waals surface area contributed by atoms with Gasteiger partial charge in [0.25, 0.3) is 5.91 Å². The molecule has 1 amide bonds. The Bertz CT molecular complexity index is 1140. The molecule has 5 nitrogen and oxygen atoms in total. The largest absolute Gasteiger partial charge is 0.319 e. The smallest absolute Gasteiger partial charge is 0.274 e. The van der Waals surface area contributed by atoms with Crippen LogP contribution in [-0.2, 0) is 6.54 Å². The Morgan fingerprint density at radius 1 is 0.966 bits per heavy atom. The molecule has 0 bridgehead atoms.